The second-order valence-electron chi connectivity index (χ2n) is 6.11. The molecule has 0 heterocycles. The zero-order valence-electron chi connectivity index (χ0n) is 14.8. The fourth-order valence-corrected chi connectivity index (χ4v) is 3.07. The molecular formula is C20H26IN3O. The molecule has 0 aliphatic heterocycles. The van der Waals surface area contributed by atoms with E-state index < -0.39 is 0 Å². The molecule has 0 saturated heterocycles. The first kappa shape index (κ1) is 19.6. The van der Waals surface area contributed by atoms with Crippen molar-refractivity contribution in [1.82, 2.24) is 10.2 Å². The maximum absolute atomic E-state index is 5.75. The van der Waals surface area contributed by atoms with E-state index in [1.807, 2.05) is 44.4 Å². The summed E-state index contributed by atoms with van der Waals surface area (Å²) in [5.41, 5.74) is 2.94. The van der Waals surface area contributed by atoms with E-state index in [1.54, 1.807) is 0 Å². The van der Waals surface area contributed by atoms with Crippen LogP contribution in [0.4, 0.5) is 0 Å². The van der Waals surface area contributed by atoms with Crippen LogP contribution in [0.25, 0.3) is 0 Å². The van der Waals surface area contributed by atoms with Crippen LogP contribution in [0.3, 0.4) is 0 Å². The lowest BCUT2D eigenvalue weighted by Gasteiger charge is -2.32. The minimum atomic E-state index is 0. The van der Waals surface area contributed by atoms with Crippen molar-refractivity contribution in [3.05, 3.63) is 65.7 Å². The Labute approximate surface area is 167 Å². The maximum Gasteiger partial charge on any atom is 0.193 e. The average molecular weight is 451 g/mol. The first-order chi connectivity index (χ1) is 11.8. The molecule has 0 radical (unpaired) electrons. The molecule has 1 atom stereocenters. The molecule has 134 valence electrons. The van der Waals surface area contributed by atoms with E-state index in [4.69, 9.17) is 4.74 Å². The predicted molar refractivity (Wildman–Crippen MR) is 114 cm³/mol. The smallest absolute Gasteiger partial charge is 0.193 e. The van der Waals surface area contributed by atoms with Gasteiger partial charge < -0.3 is 15.0 Å². The van der Waals surface area contributed by atoms with Crippen molar-refractivity contribution in [1.29, 1.82) is 0 Å². The summed E-state index contributed by atoms with van der Waals surface area (Å²) in [6, 6.07) is 18.6. The number of ether oxygens (including phenoxy) is 1. The Kier molecular flexibility index (Phi) is 7.55. The van der Waals surface area contributed by atoms with Crippen molar-refractivity contribution < 1.29 is 4.74 Å². The van der Waals surface area contributed by atoms with Gasteiger partial charge >= 0.3 is 0 Å². The highest BCUT2D eigenvalue weighted by Crippen LogP contribution is 2.33. The standard InChI is InChI=1S/C20H25N3O.HI/c1-21-20(22-15-17-14-16-8-6-7-11-19(16)17)23(2)12-13-24-18-9-4-3-5-10-18;/h3-11,17H,12-15H2,1-2H3,(H,21,22);1H. The third kappa shape index (κ3) is 5.11. The molecule has 0 aromatic heterocycles. The highest BCUT2D eigenvalue weighted by atomic mass is 127. The number of fused-ring (bicyclic) bond motifs is 1. The highest BCUT2D eigenvalue weighted by molar-refractivity contribution is 14.0. The largest absolute Gasteiger partial charge is 0.492 e. The molecule has 2 aromatic rings. The summed E-state index contributed by atoms with van der Waals surface area (Å²) < 4.78 is 5.75. The van der Waals surface area contributed by atoms with Gasteiger partial charge in [0.2, 0.25) is 0 Å². The molecule has 0 bridgehead atoms. The van der Waals surface area contributed by atoms with Gasteiger partial charge in [-0.05, 0) is 29.7 Å². The van der Waals surface area contributed by atoms with Gasteiger partial charge in [0.25, 0.3) is 0 Å². The number of likely N-dealkylation sites (N-methyl/N-ethyl adjacent to an activating group) is 1. The van der Waals surface area contributed by atoms with Crippen molar-refractivity contribution in [2.75, 3.05) is 33.8 Å². The maximum atomic E-state index is 5.75. The monoisotopic (exact) mass is 451 g/mol. The zero-order valence-corrected chi connectivity index (χ0v) is 17.1. The Morgan fingerprint density at radius 3 is 2.60 bits per heavy atom. The number of nitrogens with one attached hydrogen (secondary N) is 1. The molecule has 1 aliphatic rings. The van der Waals surface area contributed by atoms with Gasteiger partial charge in [-0.2, -0.15) is 0 Å². The summed E-state index contributed by atoms with van der Waals surface area (Å²) in [4.78, 5) is 6.48. The van der Waals surface area contributed by atoms with E-state index in [1.165, 1.54) is 11.1 Å². The van der Waals surface area contributed by atoms with Gasteiger partial charge in [-0.15, -0.1) is 24.0 Å². The highest BCUT2D eigenvalue weighted by Gasteiger charge is 2.25. The van der Waals surface area contributed by atoms with Crippen molar-refractivity contribution in [2.24, 2.45) is 4.99 Å². The summed E-state index contributed by atoms with van der Waals surface area (Å²) in [7, 11) is 3.87. The lowest BCUT2D eigenvalue weighted by atomic mass is 9.78. The number of aliphatic imine (C=N–C) groups is 1. The Morgan fingerprint density at radius 1 is 1.16 bits per heavy atom. The molecule has 0 spiro atoms. The third-order valence-electron chi connectivity index (χ3n) is 4.48. The fraction of sp³-hybridized carbons (Fsp3) is 0.350. The van der Waals surface area contributed by atoms with Gasteiger partial charge in [-0.25, -0.2) is 0 Å². The van der Waals surface area contributed by atoms with E-state index in [-0.39, 0.29) is 24.0 Å². The van der Waals surface area contributed by atoms with Gasteiger partial charge in [-0.3, -0.25) is 4.99 Å². The van der Waals surface area contributed by atoms with Crippen LogP contribution in [0.1, 0.15) is 17.0 Å². The summed E-state index contributed by atoms with van der Waals surface area (Å²) in [6.07, 6.45) is 1.15. The number of halogens is 1. The first-order valence-electron chi connectivity index (χ1n) is 8.45. The van der Waals surface area contributed by atoms with Crippen molar-refractivity contribution in [2.45, 2.75) is 12.3 Å². The lowest BCUT2D eigenvalue weighted by Crippen LogP contribution is -2.43. The van der Waals surface area contributed by atoms with E-state index in [2.05, 4.69) is 39.5 Å². The summed E-state index contributed by atoms with van der Waals surface area (Å²) in [5, 5.41) is 3.48. The van der Waals surface area contributed by atoms with Gasteiger partial charge in [0.05, 0.1) is 6.54 Å². The average Bonchev–Trinajstić information content (AvgIpc) is 2.60. The van der Waals surface area contributed by atoms with Gasteiger partial charge in [-0.1, -0.05) is 42.5 Å². The summed E-state index contributed by atoms with van der Waals surface area (Å²) in [5.74, 6) is 2.41. The first-order valence-corrected chi connectivity index (χ1v) is 8.45. The quantitative estimate of drug-likeness (QED) is 0.415. The molecule has 2 aromatic carbocycles. The SMILES string of the molecule is CN=C(NCC1Cc2ccccc21)N(C)CCOc1ccccc1.I. The topological polar surface area (TPSA) is 36.9 Å². The van der Waals surface area contributed by atoms with E-state index in [0.29, 0.717) is 12.5 Å². The molecule has 1 unspecified atom stereocenters. The third-order valence-corrected chi connectivity index (χ3v) is 4.48. The van der Waals surface area contributed by atoms with Crippen LogP contribution in [0.15, 0.2) is 59.6 Å². The van der Waals surface area contributed by atoms with Gasteiger partial charge in [0.1, 0.15) is 12.4 Å². The van der Waals surface area contributed by atoms with Crippen molar-refractivity contribution in [3.8, 4) is 5.75 Å². The molecule has 0 saturated carbocycles. The number of hydrogen-bond acceptors (Lipinski definition) is 2. The summed E-state index contributed by atoms with van der Waals surface area (Å²) >= 11 is 0. The van der Waals surface area contributed by atoms with Crippen LogP contribution >= 0.6 is 24.0 Å². The molecule has 25 heavy (non-hydrogen) atoms. The molecular weight excluding hydrogens is 425 g/mol. The Hall–Kier alpha value is -1.76. The van der Waals surface area contributed by atoms with E-state index in [0.717, 1.165) is 31.2 Å². The number of para-hydroxylation sites is 1. The van der Waals surface area contributed by atoms with Crippen LogP contribution in [0.5, 0.6) is 5.75 Å². The second-order valence-corrected chi connectivity index (χ2v) is 6.11. The number of guanidine groups is 1. The zero-order chi connectivity index (χ0) is 16.8. The molecule has 1 N–H and O–H groups in total. The van der Waals surface area contributed by atoms with Gasteiger partial charge in [0.15, 0.2) is 5.96 Å². The van der Waals surface area contributed by atoms with Gasteiger partial charge in [0, 0.05) is 26.6 Å². The molecule has 0 fully saturated rings. The number of benzene rings is 2. The number of nitrogens with zero attached hydrogens (tertiary/aromatic N) is 2. The van der Waals surface area contributed by atoms with Crippen LogP contribution in [0.2, 0.25) is 0 Å². The van der Waals surface area contributed by atoms with Crippen LogP contribution in [-0.4, -0.2) is 44.7 Å². The van der Waals surface area contributed by atoms with E-state index >= 15 is 0 Å². The molecule has 4 nitrogen and oxygen atoms in total. The Bertz CT molecular complexity index is 690. The molecule has 0 amide bonds. The minimum Gasteiger partial charge on any atom is -0.492 e. The Balaban J connectivity index is 0.00000225. The minimum absolute atomic E-state index is 0. The Morgan fingerprint density at radius 2 is 1.88 bits per heavy atom. The number of hydrogen-bond donors (Lipinski definition) is 1. The molecule has 5 heteroatoms. The molecule has 1 aliphatic carbocycles. The van der Waals surface area contributed by atoms with Crippen LogP contribution < -0.4 is 10.1 Å². The fourth-order valence-electron chi connectivity index (χ4n) is 3.07. The second kappa shape index (κ2) is 9.65. The van der Waals surface area contributed by atoms with E-state index in [9.17, 15) is 0 Å². The predicted octanol–water partition coefficient (Wildman–Crippen LogP) is 3.53. The lowest BCUT2D eigenvalue weighted by molar-refractivity contribution is 0.281. The summed E-state index contributed by atoms with van der Waals surface area (Å²) in [6.45, 7) is 2.34. The van der Waals surface area contributed by atoms with Crippen molar-refractivity contribution in [3.63, 3.8) is 0 Å². The van der Waals surface area contributed by atoms with Crippen molar-refractivity contribution >= 4 is 29.9 Å². The number of rotatable bonds is 6. The van der Waals surface area contributed by atoms with Crippen LogP contribution in [0, 0.1) is 0 Å². The van der Waals surface area contributed by atoms with Crippen LogP contribution in [-0.2, 0) is 6.42 Å². The molecule has 3 rings (SSSR count). The normalized spacial score (nSPS) is 15.4.